The molecule has 0 bridgehead atoms. The number of hydrogen-bond donors (Lipinski definition) is 2. The van der Waals surface area contributed by atoms with Gasteiger partial charge in [-0.25, -0.2) is 13.8 Å². The summed E-state index contributed by atoms with van der Waals surface area (Å²) in [6, 6.07) is 16.6. The number of hydrogen-bond acceptors (Lipinski definition) is 6. The number of nitrogens with zero attached hydrogens (tertiary/aromatic N) is 2. The number of benzene rings is 3. The van der Waals surface area contributed by atoms with Crippen molar-refractivity contribution in [2.45, 2.75) is 32.6 Å². The van der Waals surface area contributed by atoms with Gasteiger partial charge in [0.05, 0.1) is 23.4 Å². The number of hydrazone groups is 1. The highest BCUT2D eigenvalue weighted by atomic mass is 32.2. The predicted molar refractivity (Wildman–Crippen MR) is 137 cm³/mol. The fourth-order valence-corrected chi connectivity index (χ4v) is 4.83. The number of aryl methyl sites for hydroxylation is 3. The molecule has 2 N–H and O–H groups in total. The van der Waals surface area contributed by atoms with Crippen molar-refractivity contribution in [2.75, 3.05) is 17.5 Å². The molecular weight excluding hydrogens is 466 g/mol. The Morgan fingerprint density at radius 1 is 1.03 bits per heavy atom. The Kier molecular flexibility index (Phi) is 8.14. The van der Waals surface area contributed by atoms with E-state index in [0.717, 1.165) is 21.0 Å². The maximum absolute atomic E-state index is 13.5. The molecule has 0 heterocycles. The predicted octanol–water partition coefficient (Wildman–Crippen LogP) is 4.06. The molecule has 3 rings (SSSR count). The first-order valence-corrected chi connectivity index (χ1v) is 12.5. The van der Waals surface area contributed by atoms with Gasteiger partial charge in [0, 0.05) is 0 Å². The Morgan fingerprint density at radius 2 is 1.71 bits per heavy atom. The monoisotopic (exact) mass is 495 g/mol. The first kappa shape index (κ1) is 25.8. The van der Waals surface area contributed by atoms with Crippen molar-refractivity contribution in [1.82, 2.24) is 5.43 Å². The van der Waals surface area contributed by atoms with Crippen molar-refractivity contribution in [3.8, 4) is 11.5 Å². The quantitative estimate of drug-likeness (QED) is 0.344. The first-order chi connectivity index (χ1) is 16.6. The normalized spacial score (nSPS) is 11.4. The zero-order chi connectivity index (χ0) is 25.6. The third-order valence-electron chi connectivity index (χ3n) is 5.22. The lowest BCUT2D eigenvalue weighted by molar-refractivity contribution is -0.119. The van der Waals surface area contributed by atoms with Crippen LogP contribution in [0.1, 0.15) is 29.2 Å². The lowest BCUT2D eigenvalue weighted by Gasteiger charge is -2.25. The molecular formula is C26H29N3O5S. The number of sulfonamides is 1. The van der Waals surface area contributed by atoms with Crippen LogP contribution in [-0.4, -0.2) is 38.8 Å². The molecule has 1 amide bonds. The number of carbonyl (C=O) groups excluding carboxylic acids is 1. The number of nitrogens with one attached hydrogen (secondary N) is 1. The summed E-state index contributed by atoms with van der Waals surface area (Å²) in [6.07, 6.45) is 1.39. The summed E-state index contributed by atoms with van der Waals surface area (Å²) < 4.78 is 33.5. The zero-order valence-electron chi connectivity index (χ0n) is 20.1. The smallest absolute Gasteiger partial charge is 0.264 e. The number of ether oxygens (including phenoxy) is 1. The van der Waals surface area contributed by atoms with E-state index in [1.807, 2.05) is 26.0 Å². The molecule has 9 heteroatoms. The van der Waals surface area contributed by atoms with Gasteiger partial charge in [0.15, 0.2) is 11.5 Å². The van der Waals surface area contributed by atoms with Crippen LogP contribution in [0.25, 0.3) is 0 Å². The highest BCUT2D eigenvalue weighted by Crippen LogP contribution is 2.28. The van der Waals surface area contributed by atoms with Gasteiger partial charge in [0.2, 0.25) is 0 Å². The Hall–Kier alpha value is -3.85. The average molecular weight is 496 g/mol. The second-order valence-corrected chi connectivity index (χ2v) is 9.93. The second-order valence-electron chi connectivity index (χ2n) is 8.07. The van der Waals surface area contributed by atoms with Gasteiger partial charge in [-0.15, -0.1) is 0 Å². The van der Waals surface area contributed by atoms with E-state index in [-0.39, 0.29) is 10.6 Å². The lowest BCUT2D eigenvalue weighted by Crippen LogP contribution is -2.40. The van der Waals surface area contributed by atoms with E-state index < -0.39 is 22.5 Å². The van der Waals surface area contributed by atoms with Crippen LogP contribution in [0.15, 0.2) is 70.7 Å². The van der Waals surface area contributed by atoms with Gasteiger partial charge in [0.25, 0.3) is 15.9 Å². The van der Waals surface area contributed by atoms with Crippen LogP contribution in [0.3, 0.4) is 0 Å². The molecule has 184 valence electrons. The van der Waals surface area contributed by atoms with Crippen molar-refractivity contribution in [1.29, 1.82) is 0 Å². The van der Waals surface area contributed by atoms with Crippen molar-refractivity contribution in [2.24, 2.45) is 5.10 Å². The third-order valence-corrected chi connectivity index (χ3v) is 6.99. The Labute approximate surface area is 205 Å². The van der Waals surface area contributed by atoms with Gasteiger partial charge in [-0.1, -0.05) is 29.8 Å². The topological polar surface area (TPSA) is 108 Å². The second kappa shape index (κ2) is 11.1. The minimum atomic E-state index is -4.02. The summed E-state index contributed by atoms with van der Waals surface area (Å²) in [4.78, 5) is 12.9. The molecule has 0 saturated heterocycles. The van der Waals surface area contributed by atoms with Crippen molar-refractivity contribution in [3.05, 3.63) is 82.9 Å². The fraction of sp³-hybridized carbons (Fsp3) is 0.231. The highest BCUT2D eigenvalue weighted by molar-refractivity contribution is 7.92. The largest absolute Gasteiger partial charge is 0.504 e. The Morgan fingerprint density at radius 3 is 2.40 bits per heavy atom. The zero-order valence-corrected chi connectivity index (χ0v) is 21.0. The summed E-state index contributed by atoms with van der Waals surface area (Å²) in [5, 5.41) is 13.8. The van der Waals surface area contributed by atoms with Crippen LogP contribution in [0.2, 0.25) is 0 Å². The summed E-state index contributed by atoms with van der Waals surface area (Å²) in [5.41, 5.74) is 5.91. The number of rotatable bonds is 9. The van der Waals surface area contributed by atoms with E-state index in [1.165, 1.54) is 24.4 Å². The summed E-state index contributed by atoms with van der Waals surface area (Å²) >= 11 is 0. The van der Waals surface area contributed by atoms with Gasteiger partial charge in [-0.3, -0.25) is 9.10 Å². The van der Waals surface area contributed by atoms with Gasteiger partial charge >= 0.3 is 0 Å². The number of phenolic OH excluding ortho intramolecular Hbond substituents is 1. The molecule has 35 heavy (non-hydrogen) atoms. The Bertz CT molecular complexity index is 1340. The maximum atomic E-state index is 13.5. The van der Waals surface area contributed by atoms with Crippen LogP contribution < -0.4 is 14.5 Å². The van der Waals surface area contributed by atoms with E-state index in [0.29, 0.717) is 23.6 Å². The molecule has 0 aliphatic rings. The molecule has 0 atom stereocenters. The number of phenols is 1. The minimum Gasteiger partial charge on any atom is -0.504 e. The summed E-state index contributed by atoms with van der Waals surface area (Å²) in [7, 11) is -4.02. The Balaban J connectivity index is 1.86. The SMILES string of the molecule is CCOc1cc(/C=N\NC(=O)CN(c2cc(C)ccc2C)S(=O)(=O)c2ccc(C)cc2)ccc1O. The van der Waals surface area contributed by atoms with E-state index in [4.69, 9.17) is 4.74 Å². The number of aromatic hydroxyl groups is 1. The van der Waals surface area contributed by atoms with Gasteiger partial charge in [-0.05, 0) is 80.8 Å². The molecule has 0 spiro atoms. The molecule has 0 aliphatic carbocycles. The van der Waals surface area contributed by atoms with Crippen LogP contribution in [-0.2, 0) is 14.8 Å². The van der Waals surface area contributed by atoms with Gasteiger partial charge in [0.1, 0.15) is 6.54 Å². The van der Waals surface area contributed by atoms with Crippen molar-refractivity contribution >= 4 is 27.8 Å². The lowest BCUT2D eigenvalue weighted by atomic mass is 10.1. The summed E-state index contributed by atoms with van der Waals surface area (Å²) in [5.74, 6) is -0.312. The highest BCUT2D eigenvalue weighted by Gasteiger charge is 2.28. The molecule has 0 aromatic heterocycles. The van der Waals surface area contributed by atoms with E-state index in [1.54, 1.807) is 44.2 Å². The standard InChI is InChI=1S/C26H29N3O5S/c1-5-34-25-15-21(10-13-24(25)30)16-27-28-26(31)17-29(23-14-19(3)6-9-20(23)4)35(32,33)22-11-7-18(2)8-12-22/h6-16,30H,5,17H2,1-4H3,(H,28,31)/b27-16-. The van der Waals surface area contributed by atoms with Crippen LogP contribution in [0.5, 0.6) is 11.5 Å². The molecule has 3 aromatic rings. The van der Waals surface area contributed by atoms with Crippen LogP contribution >= 0.6 is 0 Å². The van der Waals surface area contributed by atoms with Crippen LogP contribution in [0, 0.1) is 20.8 Å². The average Bonchev–Trinajstić information content (AvgIpc) is 2.81. The fourth-order valence-electron chi connectivity index (χ4n) is 3.35. The number of carbonyl (C=O) groups is 1. The van der Waals surface area contributed by atoms with Gasteiger partial charge in [-0.2, -0.15) is 5.10 Å². The van der Waals surface area contributed by atoms with Crippen molar-refractivity contribution < 1.29 is 23.1 Å². The number of amides is 1. The van der Waals surface area contributed by atoms with Crippen LogP contribution in [0.4, 0.5) is 5.69 Å². The summed E-state index contributed by atoms with van der Waals surface area (Å²) in [6.45, 7) is 7.25. The molecule has 0 aliphatic heterocycles. The van der Waals surface area contributed by atoms with Crippen molar-refractivity contribution in [3.63, 3.8) is 0 Å². The molecule has 0 unspecified atom stereocenters. The minimum absolute atomic E-state index is 0.00138. The maximum Gasteiger partial charge on any atom is 0.264 e. The van der Waals surface area contributed by atoms with E-state index in [9.17, 15) is 18.3 Å². The number of anilines is 1. The molecule has 0 radical (unpaired) electrons. The molecule has 3 aromatic carbocycles. The molecule has 0 fully saturated rings. The molecule has 0 saturated carbocycles. The first-order valence-electron chi connectivity index (χ1n) is 11.1. The third kappa shape index (κ3) is 6.39. The van der Waals surface area contributed by atoms with Gasteiger partial charge < -0.3 is 9.84 Å². The van der Waals surface area contributed by atoms with E-state index in [2.05, 4.69) is 10.5 Å². The van der Waals surface area contributed by atoms with E-state index >= 15 is 0 Å². The molecule has 8 nitrogen and oxygen atoms in total.